The minimum absolute atomic E-state index is 0.392. The Labute approximate surface area is 92.6 Å². The number of hydrogen-bond acceptors (Lipinski definition) is 1. The van der Waals surface area contributed by atoms with Crippen LogP contribution < -0.4 is 0 Å². The van der Waals surface area contributed by atoms with Gasteiger partial charge in [0.05, 0.1) is 0 Å². The van der Waals surface area contributed by atoms with Crippen molar-refractivity contribution >= 4 is 5.78 Å². The van der Waals surface area contributed by atoms with Gasteiger partial charge < -0.3 is 0 Å². The van der Waals surface area contributed by atoms with Gasteiger partial charge in [-0.3, -0.25) is 4.79 Å². The first-order valence-electron chi connectivity index (χ1n) is 6.45. The monoisotopic (exact) mass is 206 g/mol. The first-order valence-corrected chi connectivity index (χ1v) is 6.45. The minimum atomic E-state index is 0.392. The molecule has 0 saturated heterocycles. The molecule has 2 unspecified atom stereocenters. The van der Waals surface area contributed by atoms with Gasteiger partial charge in [0.2, 0.25) is 0 Å². The fourth-order valence-corrected chi connectivity index (χ4v) is 4.67. The summed E-state index contributed by atoms with van der Waals surface area (Å²) in [6.07, 6.45) is 6.22. The van der Waals surface area contributed by atoms with E-state index in [1.54, 1.807) is 0 Å². The zero-order chi connectivity index (χ0) is 10.8. The first kappa shape index (κ1) is 9.86. The molecule has 4 fully saturated rings. The van der Waals surface area contributed by atoms with Crippen LogP contribution in [-0.2, 0) is 4.79 Å². The second-order valence-electron chi connectivity index (χ2n) is 7.28. The van der Waals surface area contributed by atoms with E-state index in [-0.39, 0.29) is 0 Å². The molecule has 15 heavy (non-hydrogen) atoms. The van der Waals surface area contributed by atoms with Gasteiger partial charge in [0.25, 0.3) is 0 Å². The average molecular weight is 206 g/mol. The lowest BCUT2D eigenvalue weighted by atomic mass is 9.43. The Morgan fingerprint density at radius 2 is 1.60 bits per heavy atom. The lowest BCUT2D eigenvalue weighted by Crippen LogP contribution is -2.55. The van der Waals surface area contributed by atoms with Gasteiger partial charge in [0.15, 0.2) is 0 Å². The van der Waals surface area contributed by atoms with Crippen LogP contribution in [0.25, 0.3) is 0 Å². The third-order valence-corrected chi connectivity index (χ3v) is 5.59. The summed E-state index contributed by atoms with van der Waals surface area (Å²) in [6.45, 7) is 7.14. The van der Waals surface area contributed by atoms with Crippen LogP contribution in [0, 0.1) is 28.6 Å². The van der Waals surface area contributed by atoms with Crippen molar-refractivity contribution in [3.05, 3.63) is 0 Å². The molecule has 84 valence electrons. The molecule has 0 aromatic carbocycles. The maximum atomic E-state index is 12.0. The van der Waals surface area contributed by atoms with E-state index in [0.29, 0.717) is 28.4 Å². The van der Waals surface area contributed by atoms with E-state index < -0.39 is 0 Å². The van der Waals surface area contributed by atoms with Crippen molar-refractivity contribution in [3.63, 3.8) is 0 Å². The van der Waals surface area contributed by atoms with E-state index in [9.17, 15) is 4.79 Å². The number of hydrogen-bond donors (Lipinski definition) is 0. The summed E-state index contributed by atoms with van der Waals surface area (Å²) in [4.78, 5) is 12.0. The Hall–Kier alpha value is -0.330. The van der Waals surface area contributed by atoms with E-state index in [0.717, 1.165) is 5.92 Å². The van der Waals surface area contributed by atoms with E-state index >= 15 is 0 Å². The molecule has 4 bridgehead atoms. The summed E-state index contributed by atoms with van der Waals surface area (Å²) >= 11 is 0. The highest BCUT2D eigenvalue weighted by Crippen LogP contribution is 2.64. The zero-order valence-corrected chi connectivity index (χ0v) is 10.2. The van der Waals surface area contributed by atoms with Crippen molar-refractivity contribution in [2.24, 2.45) is 28.6 Å². The lowest BCUT2D eigenvalue weighted by Gasteiger charge is -2.61. The summed E-state index contributed by atoms with van der Waals surface area (Å²) < 4.78 is 0. The molecule has 0 heterocycles. The SMILES string of the molecule is CC(C)(C)C12CC3CC(C1)C(=O)C(C3)C2. The van der Waals surface area contributed by atoms with Crippen LogP contribution in [0.5, 0.6) is 0 Å². The van der Waals surface area contributed by atoms with Gasteiger partial charge in [-0.2, -0.15) is 0 Å². The molecule has 2 atom stereocenters. The Morgan fingerprint density at radius 3 is 2.07 bits per heavy atom. The molecule has 4 saturated carbocycles. The number of carbonyl (C=O) groups excluding carboxylic acids is 1. The van der Waals surface area contributed by atoms with Crippen LogP contribution in [-0.4, -0.2) is 5.78 Å². The van der Waals surface area contributed by atoms with Crippen LogP contribution >= 0.6 is 0 Å². The zero-order valence-electron chi connectivity index (χ0n) is 10.2. The molecule has 4 rings (SSSR count). The molecule has 0 radical (unpaired) electrons. The molecule has 0 aromatic heterocycles. The molecule has 1 nitrogen and oxygen atoms in total. The fourth-order valence-electron chi connectivity index (χ4n) is 4.67. The van der Waals surface area contributed by atoms with Gasteiger partial charge in [-0.25, -0.2) is 0 Å². The predicted molar refractivity (Wildman–Crippen MR) is 60.5 cm³/mol. The Bertz CT molecular complexity index is 292. The molecule has 0 aliphatic heterocycles. The molecule has 4 aliphatic rings. The van der Waals surface area contributed by atoms with Crippen LogP contribution in [0.2, 0.25) is 0 Å². The normalized spacial score (nSPS) is 48.7. The fraction of sp³-hybridized carbons (Fsp3) is 0.929. The van der Waals surface area contributed by atoms with Crippen molar-refractivity contribution in [2.45, 2.75) is 52.9 Å². The highest BCUT2D eigenvalue weighted by molar-refractivity contribution is 5.85. The summed E-state index contributed by atoms with van der Waals surface area (Å²) in [5.74, 6) is 2.37. The smallest absolute Gasteiger partial charge is 0.139 e. The van der Waals surface area contributed by atoms with E-state index in [1.807, 2.05) is 0 Å². The first-order chi connectivity index (χ1) is 6.91. The van der Waals surface area contributed by atoms with Crippen molar-refractivity contribution in [1.82, 2.24) is 0 Å². The van der Waals surface area contributed by atoms with Crippen molar-refractivity contribution in [3.8, 4) is 0 Å². The number of Topliss-reactive ketones (excluding diaryl/α,β-unsaturated/α-hetero) is 1. The molecule has 4 aliphatic carbocycles. The van der Waals surface area contributed by atoms with Crippen molar-refractivity contribution in [1.29, 1.82) is 0 Å². The molecule has 0 N–H and O–H groups in total. The number of ketones is 1. The van der Waals surface area contributed by atoms with Gasteiger partial charge in [-0.05, 0) is 48.9 Å². The van der Waals surface area contributed by atoms with E-state index in [1.165, 1.54) is 32.1 Å². The molecule has 1 heteroatoms. The quantitative estimate of drug-likeness (QED) is 0.593. The third kappa shape index (κ3) is 1.18. The highest BCUT2D eigenvalue weighted by Gasteiger charge is 2.58. The summed E-state index contributed by atoms with van der Waals surface area (Å²) in [6, 6.07) is 0. The second-order valence-corrected chi connectivity index (χ2v) is 7.28. The van der Waals surface area contributed by atoms with Gasteiger partial charge in [0.1, 0.15) is 5.78 Å². The van der Waals surface area contributed by atoms with Crippen LogP contribution in [0.4, 0.5) is 0 Å². The summed E-state index contributed by atoms with van der Waals surface area (Å²) in [5, 5.41) is 0. The third-order valence-electron chi connectivity index (χ3n) is 5.59. The lowest BCUT2D eigenvalue weighted by molar-refractivity contribution is -0.158. The van der Waals surface area contributed by atoms with Gasteiger partial charge >= 0.3 is 0 Å². The summed E-state index contributed by atoms with van der Waals surface area (Å²) in [7, 11) is 0. The van der Waals surface area contributed by atoms with Crippen LogP contribution in [0.1, 0.15) is 52.9 Å². The van der Waals surface area contributed by atoms with Gasteiger partial charge in [-0.15, -0.1) is 0 Å². The Morgan fingerprint density at radius 1 is 1.07 bits per heavy atom. The van der Waals surface area contributed by atoms with E-state index in [4.69, 9.17) is 0 Å². The molecule has 0 spiro atoms. The molecular formula is C14H22O. The van der Waals surface area contributed by atoms with E-state index in [2.05, 4.69) is 20.8 Å². The number of rotatable bonds is 0. The Balaban J connectivity index is 1.99. The minimum Gasteiger partial charge on any atom is -0.299 e. The maximum absolute atomic E-state index is 12.0. The van der Waals surface area contributed by atoms with Gasteiger partial charge in [-0.1, -0.05) is 20.8 Å². The Kier molecular flexibility index (Phi) is 1.76. The summed E-state index contributed by atoms with van der Waals surface area (Å²) in [5.41, 5.74) is 0.890. The van der Waals surface area contributed by atoms with Crippen molar-refractivity contribution in [2.75, 3.05) is 0 Å². The van der Waals surface area contributed by atoms with Crippen LogP contribution in [0.15, 0.2) is 0 Å². The maximum Gasteiger partial charge on any atom is 0.139 e. The average Bonchev–Trinajstić information content (AvgIpc) is 2.10. The number of carbonyl (C=O) groups is 1. The molecular weight excluding hydrogens is 184 g/mol. The topological polar surface area (TPSA) is 17.1 Å². The van der Waals surface area contributed by atoms with Crippen LogP contribution in [0.3, 0.4) is 0 Å². The predicted octanol–water partition coefficient (Wildman–Crippen LogP) is 3.43. The van der Waals surface area contributed by atoms with Gasteiger partial charge in [0, 0.05) is 11.8 Å². The largest absolute Gasteiger partial charge is 0.299 e. The highest BCUT2D eigenvalue weighted by atomic mass is 16.1. The second kappa shape index (κ2) is 2.67. The van der Waals surface area contributed by atoms with Crippen molar-refractivity contribution < 1.29 is 4.79 Å². The standard InChI is InChI=1S/C14H22O/c1-13(2,3)14-6-9-4-10(7-14)12(15)11(5-9)8-14/h9-11H,4-8H2,1-3H3. The molecule has 0 amide bonds. The molecule has 0 aromatic rings.